The van der Waals surface area contributed by atoms with Gasteiger partial charge in [0.2, 0.25) is 0 Å². The summed E-state index contributed by atoms with van der Waals surface area (Å²) in [5.41, 5.74) is 6.15. The molecule has 1 unspecified atom stereocenters. The summed E-state index contributed by atoms with van der Waals surface area (Å²) in [6.45, 7) is 12.5. The monoisotopic (exact) mass is 798 g/mol. The van der Waals surface area contributed by atoms with E-state index in [0.29, 0.717) is 12.4 Å². The number of fused-ring (bicyclic) bond motifs is 4. The lowest BCUT2D eigenvalue weighted by atomic mass is 9.70. The summed E-state index contributed by atoms with van der Waals surface area (Å²) in [5.74, 6) is 0.435. The van der Waals surface area contributed by atoms with Gasteiger partial charge in [0.05, 0.1) is 26.7 Å². The molecule has 10 heteroatoms. The standard InChI is InChI=1S/C48H54N4O5S/c1-7-49(8-2)37-20-11-33(12-21-37)16-27-43(53)46-45(36-18-22-38(23-19-36)50(9-3)10-4)42-31-58-32-52(42)48(46)40-29-34(17-28-44(54)57-6)15-26-41(40)51(47(48)55)30-35-13-24-39(56-5)25-14-35/h11-29,42,45-46H,7-10,30-32H2,1-6H3/b27-16+,28-17+/t42-,45-,46+,48?/m0/s1. The fourth-order valence-corrected chi connectivity index (χ4v) is 10.6. The number of amides is 1. The van der Waals surface area contributed by atoms with Crippen LogP contribution in [0.2, 0.25) is 0 Å². The Labute approximate surface area is 347 Å². The zero-order valence-corrected chi connectivity index (χ0v) is 35.2. The first-order valence-corrected chi connectivity index (χ1v) is 21.5. The Bertz CT molecular complexity index is 2160. The van der Waals surface area contributed by atoms with Crippen molar-refractivity contribution in [1.29, 1.82) is 0 Å². The zero-order chi connectivity index (χ0) is 41.0. The van der Waals surface area contributed by atoms with E-state index >= 15 is 9.59 Å². The lowest BCUT2D eigenvalue weighted by Crippen LogP contribution is -2.54. The number of ether oxygens (including phenoxy) is 2. The number of esters is 1. The number of allylic oxidation sites excluding steroid dienone is 1. The minimum Gasteiger partial charge on any atom is -0.497 e. The summed E-state index contributed by atoms with van der Waals surface area (Å²) < 4.78 is 10.3. The van der Waals surface area contributed by atoms with Crippen molar-refractivity contribution in [3.05, 3.63) is 131 Å². The Morgan fingerprint density at radius 3 is 2.00 bits per heavy atom. The SMILES string of the molecule is CCN(CC)c1ccc(/C=C/C(=O)[C@@H]2[C@@H](c3ccc(N(CC)CC)cc3)[C@@H]3CSCN3C23C(=O)N(Cc2ccc(OC)cc2)c2ccc(/C=C/C(=O)OC)cc23)cc1. The molecular formula is C48H54N4O5S. The van der Waals surface area contributed by atoms with E-state index < -0.39 is 17.4 Å². The fourth-order valence-electron chi connectivity index (χ4n) is 9.25. The largest absolute Gasteiger partial charge is 0.497 e. The number of ketones is 1. The molecule has 2 saturated heterocycles. The lowest BCUT2D eigenvalue weighted by molar-refractivity contribution is -0.136. The van der Waals surface area contributed by atoms with Crippen LogP contribution in [0.5, 0.6) is 5.75 Å². The summed E-state index contributed by atoms with van der Waals surface area (Å²) in [6.07, 6.45) is 6.70. The molecule has 7 rings (SSSR count). The summed E-state index contributed by atoms with van der Waals surface area (Å²) in [5, 5.41) is 0. The maximum Gasteiger partial charge on any atom is 0.330 e. The number of hydrogen-bond acceptors (Lipinski definition) is 9. The zero-order valence-electron chi connectivity index (χ0n) is 34.4. The van der Waals surface area contributed by atoms with Crippen LogP contribution >= 0.6 is 11.8 Å². The first-order chi connectivity index (χ1) is 28.2. The normalized spacial score (nSPS) is 21.2. The van der Waals surface area contributed by atoms with Crippen LogP contribution in [0, 0.1) is 5.92 Å². The Hall–Kier alpha value is -5.32. The Balaban J connectivity index is 1.39. The van der Waals surface area contributed by atoms with E-state index in [-0.39, 0.29) is 23.7 Å². The third-order valence-corrected chi connectivity index (χ3v) is 13.2. The fraction of sp³-hybridized carbons (Fsp3) is 0.354. The van der Waals surface area contributed by atoms with Crippen molar-refractivity contribution in [3.8, 4) is 5.75 Å². The molecule has 0 saturated carbocycles. The van der Waals surface area contributed by atoms with E-state index in [2.05, 4.69) is 78.8 Å². The molecule has 58 heavy (non-hydrogen) atoms. The highest BCUT2D eigenvalue weighted by atomic mass is 32.2. The van der Waals surface area contributed by atoms with Crippen molar-refractivity contribution in [3.63, 3.8) is 0 Å². The van der Waals surface area contributed by atoms with Gasteiger partial charge in [0.1, 0.15) is 11.3 Å². The van der Waals surface area contributed by atoms with E-state index in [0.717, 1.165) is 82.6 Å². The second kappa shape index (κ2) is 17.7. The quantitative estimate of drug-likeness (QED) is 0.0871. The number of benzene rings is 4. The van der Waals surface area contributed by atoms with E-state index in [4.69, 9.17) is 9.47 Å². The van der Waals surface area contributed by atoms with Crippen LogP contribution in [-0.2, 0) is 31.2 Å². The molecule has 0 radical (unpaired) electrons. The van der Waals surface area contributed by atoms with Gasteiger partial charge in [0.25, 0.3) is 5.91 Å². The van der Waals surface area contributed by atoms with Gasteiger partial charge in [0, 0.05) is 78.5 Å². The molecule has 9 nitrogen and oxygen atoms in total. The molecule has 3 aliphatic heterocycles. The average Bonchev–Trinajstić information content (AvgIpc) is 3.92. The van der Waals surface area contributed by atoms with Crippen molar-refractivity contribution >= 4 is 58.6 Å². The number of carbonyl (C=O) groups excluding carboxylic acids is 3. The molecule has 0 bridgehead atoms. The van der Waals surface area contributed by atoms with Gasteiger partial charge >= 0.3 is 5.97 Å². The minimum atomic E-state index is -1.30. The van der Waals surface area contributed by atoms with Gasteiger partial charge < -0.3 is 24.2 Å². The van der Waals surface area contributed by atoms with Crippen LogP contribution in [0.25, 0.3) is 12.2 Å². The van der Waals surface area contributed by atoms with Gasteiger partial charge in [-0.2, -0.15) is 0 Å². The molecule has 302 valence electrons. The van der Waals surface area contributed by atoms with Crippen LogP contribution in [0.15, 0.2) is 103 Å². The van der Waals surface area contributed by atoms with Crippen LogP contribution < -0.4 is 19.4 Å². The molecule has 2 fully saturated rings. The highest BCUT2D eigenvalue weighted by molar-refractivity contribution is 7.99. The van der Waals surface area contributed by atoms with E-state index in [9.17, 15) is 4.79 Å². The second-order valence-electron chi connectivity index (χ2n) is 14.9. The van der Waals surface area contributed by atoms with Crippen LogP contribution in [-0.4, -0.2) is 80.6 Å². The highest BCUT2D eigenvalue weighted by Gasteiger charge is 2.70. The first kappa shape index (κ1) is 40.9. The topological polar surface area (TPSA) is 82.6 Å². The molecule has 4 aromatic rings. The van der Waals surface area contributed by atoms with Crippen molar-refractivity contribution in [2.24, 2.45) is 5.92 Å². The van der Waals surface area contributed by atoms with Crippen LogP contribution in [0.3, 0.4) is 0 Å². The number of hydrogen-bond donors (Lipinski definition) is 0. The number of methoxy groups -OCH3 is 2. The molecule has 3 aliphatic rings. The molecule has 0 aromatic heterocycles. The number of rotatable bonds is 15. The maximum atomic E-state index is 15.8. The predicted octanol–water partition coefficient (Wildman–Crippen LogP) is 8.39. The maximum absolute atomic E-state index is 15.8. The van der Waals surface area contributed by atoms with Crippen molar-refractivity contribution in [1.82, 2.24) is 4.90 Å². The summed E-state index contributed by atoms with van der Waals surface area (Å²) >= 11 is 1.80. The molecule has 4 atom stereocenters. The van der Waals surface area contributed by atoms with E-state index in [1.165, 1.54) is 13.2 Å². The Morgan fingerprint density at radius 1 is 0.793 bits per heavy atom. The van der Waals surface area contributed by atoms with Gasteiger partial charge in [-0.05, 0) is 111 Å². The number of carbonyl (C=O) groups is 3. The number of nitrogens with zero attached hydrogens (tertiary/aromatic N) is 4. The summed E-state index contributed by atoms with van der Waals surface area (Å²) in [4.78, 5) is 52.2. The molecule has 1 amide bonds. The van der Waals surface area contributed by atoms with Gasteiger partial charge in [-0.15, -0.1) is 11.8 Å². The summed E-state index contributed by atoms with van der Waals surface area (Å²) in [6, 6.07) is 30.5. The van der Waals surface area contributed by atoms with Gasteiger partial charge in [-0.25, -0.2) is 4.79 Å². The predicted molar refractivity (Wildman–Crippen MR) is 237 cm³/mol. The molecule has 0 N–H and O–H groups in total. The minimum absolute atomic E-state index is 0.0768. The first-order valence-electron chi connectivity index (χ1n) is 20.3. The lowest BCUT2D eigenvalue weighted by Gasteiger charge is -2.37. The molecule has 3 heterocycles. The average molecular weight is 799 g/mol. The third kappa shape index (κ3) is 7.44. The smallest absolute Gasteiger partial charge is 0.330 e. The summed E-state index contributed by atoms with van der Waals surface area (Å²) in [7, 11) is 2.98. The van der Waals surface area contributed by atoms with Crippen molar-refractivity contribution in [2.45, 2.75) is 51.7 Å². The van der Waals surface area contributed by atoms with Gasteiger partial charge in [-0.1, -0.05) is 48.5 Å². The number of anilines is 3. The molecular weight excluding hydrogens is 745 g/mol. The highest BCUT2D eigenvalue weighted by Crippen LogP contribution is 2.62. The molecule has 0 aliphatic carbocycles. The van der Waals surface area contributed by atoms with E-state index in [1.807, 2.05) is 65.6 Å². The van der Waals surface area contributed by atoms with Crippen LogP contribution in [0.1, 0.15) is 61.4 Å². The van der Waals surface area contributed by atoms with Gasteiger partial charge in [-0.3, -0.25) is 14.5 Å². The number of thioether (sulfide) groups is 1. The molecule has 4 aromatic carbocycles. The third-order valence-electron chi connectivity index (χ3n) is 12.2. The van der Waals surface area contributed by atoms with Crippen LogP contribution in [0.4, 0.5) is 17.1 Å². The Morgan fingerprint density at radius 2 is 1.40 bits per heavy atom. The van der Waals surface area contributed by atoms with Gasteiger partial charge in [0.15, 0.2) is 5.78 Å². The Kier molecular flexibility index (Phi) is 12.4. The van der Waals surface area contributed by atoms with Crippen molar-refractivity contribution in [2.75, 3.05) is 66.7 Å². The molecule has 1 spiro atoms. The van der Waals surface area contributed by atoms with Crippen molar-refractivity contribution < 1.29 is 23.9 Å². The second-order valence-corrected chi connectivity index (χ2v) is 15.9. The van der Waals surface area contributed by atoms with E-state index in [1.54, 1.807) is 31.0 Å².